The summed E-state index contributed by atoms with van der Waals surface area (Å²) in [4.78, 5) is 4.35. The van der Waals surface area contributed by atoms with E-state index in [9.17, 15) is 0 Å². The van der Waals surface area contributed by atoms with Gasteiger partial charge in [-0.2, -0.15) is 0 Å². The molecule has 0 radical (unpaired) electrons. The van der Waals surface area contributed by atoms with Gasteiger partial charge in [-0.1, -0.05) is 15.9 Å². The van der Waals surface area contributed by atoms with E-state index in [-0.39, 0.29) is 0 Å². The first kappa shape index (κ1) is 13.1. The minimum absolute atomic E-state index is 0.672. The van der Waals surface area contributed by atoms with Gasteiger partial charge in [0.2, 0.25) is 0 Å². The Morgan fingerprint density at radius 2 is 1.88 bits per heavy atom. The van der Waals surface area contributed by atoms with Crippen LogP contribution in [-0.4, -0.2) is 6.21 Å². The lowest BCUT2D eigenvalue weighted by Gasteiger charge is -1.98. The summed E-state index contributed by atoms with van der Waals surface area (Å²) < 4.78 is 8.04. The Hall–Kier alpha value is -0.390. The van der Waals surface area contributed by atoms with Gasteiger partial charge < -0.3 is 4.42 Å². The summed E-state index contributed by atoms with van der Waals surface area (Å²) in [5.74, 6) is 0.698. The van der Waals surface area contributed by atoms with Gasteiger partial charge >= 0.3 is 0 Å². The molecule has 0 aliphatic carbocycles. The molecule has 0 unspecified atom stereocenters. The number of aliphatic imine (C=N–C) groups is 1. The van der Waals surface area contributed by atoms with Crippen molar-refractivity contribution in [1.82, 2.24) is 0 Å². The normalized spacial score (nSPS) is 11.3. The Kier molecular flexibility index (Phi) is 4.22. The van der Waals surface area contributed by atoms with E-state index in [0.29, 0.717) is 10.4 Å². The predicted octanol–water partition coefficient (Wildman–Crippen LogP) is 5.63. The van der Waals surface area contributed by atoms with Crippen molar-refractivity contribution in [3.63, 3.8) is 0 Å². The van der Waals surface area contributed by atoms with Crippen molar-refractivity contribution in [3.05, 3.63) is 49.2 Å². The van der Waals surface area contributed by atoms with Gasteiger partial charge in [0.05, 0.1) is 16.4 Å². The standard InChI is InChI=1S/C12H8Br3NO/c1-7-4-8(2-3-10(7)13)16-6-9-5-11(14)12(15)17-9/h2-6H,1H3. The number of hydrogen-bond acceptors (Lipinski definition) is 2. The maximum atomic E-state index is 5.40. The Labute approximate surface area is 125 Å². The fourth-order valence-corrected chi connectivity index (χ4v) is 2.13. The summed E-state index contributed by atoms with van der Waals surface area (Å²) in [6.07, 6.45) is 1.69. The highest BCUT2D eigenvalue weighted by molar-refractivity contribution is 9.13. The third-order valence-corrected chi connectivity index (χ3v) is 4.75. The highest BCUT2D eigenvalue weighted by Gasteiger charge is 2.03. The lowest BCUT2D eigenvalue weighted by atomic mass is 10.2. The van der Waals surface area contributed by atoms with Crippen LogP contribution in [0.25, 0.3) is 0 Å². The third-order valence-electron chi connectivity index (χ3n) is 2.15. The summed E-state index contributed by atoms with van der Waals surface area (Å²) in [6.45, 7) is 2.03. The zero-order chi connectivity index (χ0) is 12.4. The van der Waals surface area contributed by atoms with Crippen LogP contribution >= 0.6 is 47.8 Å². The molecule has 88 valence electrons. The Morgan fingerprint density at radius 3 is 2.47 bits per heavy atom. The zero-order valence-electron chi connectivity index (χ0n) is 8.88. The molecule has 2 aromatic rings. The van der Waals surface area contributed by atoms with Crippen LogP contribution in [0.15, 0.2) is 47.3 Å². The number of hydrogen-bond donors (Lipinski definition) is 0. The predicted molar refractivity (Wildman–Crippen MR) is 80.2 cm³/mol. The lowest BCUT2D eigenvalue weighted by Crippen LogP contribution is -1.77. The molecule has 1 heterocycles. The maximum absolute atomic E-state index is 5.40. The van der Waals surface area contributed by atoms with E-state index in [1.54, 1.807) is 6.21 Å². The fraction of sp³-hybridized carbons (Fsp3) is 0.0833. The summed E-state index contributed by atoms with van der Waals surface area (Å²) in [5.41, 5.74) is 2.05. The number of aryl methyl sites for hydroxylation is 1. The first-order chi connectivity index (χ1) is 8.06. The smallest absolute Gasteiger partial charge is 0.184 e. The van der Waals surface area contributed by atoms with Gasteiger partial charge in [0.15, 0.2) is 4.67 Å². The molecule has 1 aromatic carbocycles. The van der Waals surface area contributed by atoms with E-state index in [1.165, 1.54) is 0 Å². The molecule has 2 rings (SSSR count). The van der Waals surface area contributed by atoms with E-state index in [1.807, 2.05) is 31.2 Å². The molecule has 0 N–H and O–H groups in total. The van der Waals surface area contributed by atoms with E-state index < -0.39 is 0 Å². The van der Waals surface area contributed by atoms with Crippen LogP contribution in [0.5, 0.6) is 0 Å². The molecule has 0 fully saturated rings. The summed E-state index contributed by atoms with van der Waals surface area (Å²) in [5, 5.41) is 0. The second kappa shape index (κ2) is 5.50. The van der Waals surface area contributed by atoms with Crippen molar-refractivity contribution in [2.24, 2.45) is 4.99 Å². The quantitative estimate of drug-likeness (QED) is 0.577. The van der Waals surface area contributed by atoms with Gasteiger partial charge in [0, 0.05) is 10.5 Å². The maximum Gasteiger partial charge on any atom is 0.184 e. The minimum atomic E-state index is 0.672. The molecule has 0 spiro atoms. The Bertz CT molecular complexity index is 556. The molecule has 0 amide bonds. The highest BCUT2D eigenvalue weighted by atomic mass is 79.9. The molecule has 5 heteroatoms. The SMILES string of the molecule is Cc1cc(N=Cc2cc(Br)c(Br)o2)ccc1Br. The summed E-state index contributed by atoms with van der Waals surface area (Å²) in [6, 6.07) is 7.80. The molecule has 1 aromatic heterocycles. The molecule has 0 aliphatic rings. The topological polar surface area (TPSA) is 25.5 Å². The number of benzene rings is 1. The van der Waals surface area contributed by atoms with Crippen LogP contribution in [0, 0.1) is 6.92 Å². The van der Waals surface area contributed by atoms with Crippen LogP contribution in [0.1, 0.15) is 11.3 Å². The van der Waals surface area contributed by atoms with Gasteiger partial charge in [0.1, 0.15) is 5.76 Å². The molecule has 0 aliphatic heterocycles. The van der Waals surface area contributed by atoms with Crippen LogP contribution < -0.4 is 0 Å². The molecule has 0 saturated heterocycles. The molecule has 2 nitrogen and oxygen atoms in total. The minimum Gasteiger partial charge on any atom is -0.447 e. The van der Waals surface area contributed by atoms with E-state index >= 15 is 0 Å². The van der Waals surface area contributed by atoms with Gasteiger partial charge in [0.25, 0.3) is 0 Å². The van der Waals surface area contributed by atoms with Crippen molar-refractivity contribution < 1.29 is 4.42 Å². The number of halogens is 3. The molecule has 17 heavy (non-hydrogen) atoms. The fourth-order valence-electron chi connectivity index (χ4n) is 1.27. The van der Waals surface area contributed by atoms with Gasteiger partial charge in [-0.05, 0) is 62.5 Å². The van der Waals surface area contributed by atoms with Crippen molar-refractivity contribution >= 4 is 59.7 Å². The summed E-state index contributed by atoms with van der Waals surface area (Å²) in [7, 11) is 0. The Balaban J connectivity index is 2.22. The second-order valence-corrected chi connectivity index (χ2v) is 5.89. The number of rotatable bonds is 2. The Morgan fingerprint density at radius 1 is 1.12 bits per heavy atom. The molecule has 0 bridgehead atoms. The first-order valence-electron chi connectivity index (χ1n) is 4.81. The molecular weight excluding hydrogens is 414 g/mol. The summed E-state index contributed by atoms with van der Waals surface area (Å²) >= 11 is 10.1. The van der Waals surface area contributed by atoms with Crippen molar-refractivity contribution in [1.29, 1.82) is 0 Å². The zero-order valence-corrected chi connectivity index (χ0v) is 13.6. The van der Waals surface area contributed by atoms with Crippen LogP contribution in [0.4, 0.5) is 5.69 Å². The number of furan rings is 1. The van der Waals surface area contributed by atoms with Crippen LogP contribution in [0.3, 0.4) is 0 Å². The largest absolute Gasteiger partial charge is 0.447 e. The average molecular weight is 422 g/mol. The second-order valence-electron chi connectivity index (χ2n) is 3.46. The number of nitrogens with zero attached hydrogens (tertiary/aromatic N) is 1. The van der Waals surface area contributed by atoms with E-state index in [4.69, 9.17) is 4.42 Å². The van der Waals surface area contributed by atoms with Crippen molar-refractivity contribution in [2.75, 3.05) is 0 Å². The van der Waals surface area contributed by atoms with Gasteiger partial charge in [-0.15, -0.1) is 0 Å². The van der Waals surface area contributed by atoms with E-state index in [0.717, 1.165) is 20.2 Å². The molecular formula is C12H8Br3NO. The van der Waals surface area contributed by atoms with Crippen LogP contribution in [-0.2, 0) is 0 Å². The van der Waals surface area contributed by atoms with E-state index in [2.05, 4.69) is 52.8 Å². The average Bonchev–Trinajstić information content (AvgIpc) is 2.60. The monoisotopic (exact) mass is 419 g/mol. The highest BCUT2D eigenvalue weighted by Crippen LogP contribution is 2.26. The molecule has 0 saturated carbocycles. The van der Waals surface area contributed by atoms with Crippen molar-refractivity contribution in [3.8, 4) is 0 Å². The van der Waals surface area contributed by atoms with Gasteiger partial charge in [-0.3, -0.25) is 4.99 Å². The van der Waals surface area contributed by atoms with Crippen LogP contribution in [0.2, 0.25) is 0 Å². The van der Waals surface area contributed by atoms with Crippen molar-refractivity contribution in [2.45, 2.75) is 6.92 Å². The third kappa shape index (κ3) is 3.30. The first-order valence-corrected chi connectivity index (χ1v) is 7.19. The lowest BCUT2D eigenvalue weighted by molar-refractivity contribution is 0.533. The molecule has 0 atom stereocenters. The van der Waals surface area contributed by atoms with Gasteiger partial charge in [-0.25, -0.2) is 0 Å².